The molecule has 2 unspecified atom stereocenters. The molecule has 1 spiro atoms. The summed E-state index contributed by atoms with van der Waals surface area (Å²) in [7, 11) is 0. The summed E-state index contributed by atoms with van der Waals surface area (Å²) >= 11 is 12.2. The predicted molar refractivity (Wildman–Crippen MR) is 91.4 cm³/mol. The minimum Gasteiger partial charge on any atom is -0.341 e. The van der Waals surface area contributed by atoms with Crippen molar-refractivity contribution >= 4 is 40.7 Å². The zero-order valence-corrected chi connectivity index (χ0v) is 14.5. The van der Waals surface area contributed by atoms with E-state index in [4.69, 9.17) is 23.2 Å². The minimum atomic E-state index is -0.688. The molecule has 5 rings (SSSR count). The van der Waals surface area contributed by atoms with Crippen molar-refractivity contribution < 1.29 is 9.59 Å². The highest BCUT2D eigenvalue weighted by molar-refractivity contribution is 6.42. The molecule has 3 aliphatic heterocycles. The van der Waals surface area contributed by atoms with E-state index in [9.17, 15) is 9.59 Å². The Morgan fingerprint density at radius 2 is 2.08 bits per heavy atom. The summed E-state index contributed by atoms with van der Waals surface area (Å²) in [6.07, 6.45) is 1.61. The average molecular weight is 366 g/mol. The van der Waals surface area contributed by atoms with Crippen molar-refractivity contribution in [3.8, 4) is 0 Å². The number of amides is 2. The third-order valence-electron chi connectivity index (χ3n) is 6.30. The largest absolute Gasteiger partial charge is 0.341 e. The molecule has 3 heterocycles. The molecular formula is C17H17Cl2N3O2. The number of benzene rings is 1. The van der Waals surface area contributed by atoms with Crippen LogP contribution in [0.1, 0.15) is 18.4 Å². The van der Waals surface area contributed by atoms with Crippen molar-refractivity contribution in [3.63, 3.8) is 0 Å². The minimum absolute atomic E-state index is 0.0551. The lowest BCUT2D eigenvalue weighted by Crippen LogP contribution is -2.43. The van der Waals surface area contributed by atoms with Gasteiger partial charge in [0.2, 0.25) is 11.8 Å². The van der Waals surface area contributed by atoms with Crippen LogP contribution in [-0.4, -0.2) is 42.9 Å². The van der Waals surface area contributed by atoms with E-state index in [1.807, 2.05) is 4.90 Å². The van der Waals surface area contributed by atoms with Gasteiger partial charge < -0.3 is 15.5 Å². The van der Waals surface area contributed by atoms with Crippen LogP contribution in [-0.2, 0) is 15.0 Å². The lowest BCUT2D eigenvalue weighted by Gasteiger charge is -2.25. The van der Waals surface area contributed by atoms with Crippen LogP contribution in [0.5, 0.6) is 0 Å². The molecule has 7 heteroatoms. The zero-order valence-electron chi connectivity index (χ0n) is 13.0. The molecule has 126 valence electrons. The first-order valence-electron chi connectivity index (χ1n) is 8.27. The molecule has 3 atom stereocenters. The van der Waals surface area contributed by atoms with E-state index in [0.29, 0.717) is 41.2 Å². The third kappa shape index (κ3) is 1.75. The Kier molecular flexibility index (Phi) is 2.91. The van der Waals surface area contributed by atoms with Crippen LogP contribution in [0.3, 0.4) is 0 Å². The number of hydrogen-bond donors (Lipinski definition) is 2. The summed E-state index contributed by atoms with van der Waals surface area (Å²) in [6.45, 7) is 2.74. The smallest absolute Gasteiger partial charge is 0.237 e. The number of nitrogens with zero attached hydrogens (tertiary/aromatic N) is 1. The van der Waals surface area contributed by atoms with E-state index in [-0.39, 0.29) is 17.2 Å². The Balaban J connectivity index is 1.47. The Labute approximate surface area is 149 Å². The quantitative estimate of drug-likeness (QED) is 0.800. The van der Waals surface area contributed by atoms with Gasteiger partial charge in [-0.2, -0.15) is 0 Å². The molecule has 1 aromatic carbocycles. The van der Waals surface area contributed by atoms with Crippen molar-refractivity contribution in [1.82, 2.24) is 10.2 Å². The van der Waals surface area contributed by atoms with E-state index in [0.717, 1.165) is 25.1 Å². The Hall–Kier alpha value is -1.30. The molecule has 5 nitrogen and oxygen atoms in total. The van der Waals surface area contributed by atoms with Crippen molar-refractivity contribution in [2.24, 2.45) is 11.3 Å². The number of anilines is 1. The molecule has 3 fully saturated rings. The summed E-state index contributed by atoms with van der Waals surface area (Å²) in [5, 5.41) is 7.09. The summed E-state index contributed by atoms with van der Waals surface area (Å²) in [5.41, 5.74) is 0.688. The van der Waals surface area contributed by atoms with Gasteiger partial charge in [0.05, 0.1) is 20.9 Å². The number of halogens is 2. The number of likely N-dealkylation sites (tertiary alicyclic amines) is 1. The first kappa shape index (κ1) is 15.0. The molecule has 0 bridgehead atoms. The molecule has 4 aliphatic rings. The monoisotopic (exact) mass is 365 g/mol. The molecule has 1 saturated carbocycles. The molecule has 0 aromatic heterocycles. The fourth-order valence-electron chi connectivity index (χ4n) is 4.79. The summed E-state index contributed by atoms with van der Waals surface area (Å²) in [5.74, 6) is 0.621. The number of carbonyl (C=O) groups excluding carboxylic acids is 2. The number of hydrogen-bond acceptors (Lipinski definition) is 3. The van der Waals surface area contributed by atoms with Gasteiger partial charge in [-0.05, 0) is 43.0 Å². The topological polar surface area (TPSA) is 61.4 Å². The summed E-state index contributed by atoms with van der Waals surface area (Å²) < 4.78 is 0. The van der Waals surface area contributed by atoms with Crippen LogP contribution in [0.25, 0.3) is 0 Å². The highest BCUT2D eigenvalue weighted by atomic mass is 35.5. The number of piperidine rings is 1. The van der Waals surface area contributed by atoms with Gasteiger partial charge in [0, 0.05) is 25.3 Å². The van der Waals surface area contributed by atoms with Gasteiger partial charge in [-0.15, -0.1) is 0 Å². The van der Waals surface area contributed by atoms with Gasteiger partial charge >= 0.3 is 0 Å². The van der Waals surface area contributed by atoms with Crippen LogP contribution in [0.15, 0.2) is 12.1 Å². The highest BCUT2D eigenvalue weighted by Crippen LogP contribution is 2.57. The van der Waals surface area contributed by atoms with Crippen LogP contribution in [0, 0.1) is 11.3 Å². The molecule has 1 aromatic rings. The Bertz CT molecular complexity index is 798. The predicted octanol–water partition coefficient (Wildman–Crippen LogP) is 2.03. The first-order chi connectivity index (χ1) is 11.5. The van der Waals surface area contributed by atoms with Gasteiger partial charge in [-0.3, -0.25) is 9.59 Å². The van der Waals surface area contributed by atoms with Gasteiger partial charge in [-0.1, -0.05) is 23.2 Å². The normalized spacial score (nSPS) is 36.0. The van der Waals surface area contributed by atoms with Crippen LogP contribution in [0.2, 0.25) is 10.0 Å². The zero-order chi connectivity index (χ0) is 16.7. The fraction of sp³-hybridized carbons (Fsp3) is 0.529. The Morgan fingerprint density at radius 3 is 2.79 bits per heavy atom. The average Bonchev–Trinajstić information content (AvgIpc) is 2.91. The van der Waals surface area contributed by atoms with E-state index < -0.39 is 5.41 Å². The van der Waals surface area contributed by atoms with Crippen LogP contribution >= 0.6 is 23.2 Å². The SMILES string of the molecule is O=C(N1CC[C@]2(C1)C(=O)Nc1cc(Cl)c(Cl)cc12)C12CNCC1C2. The number of fused-ring (bicyclic) bond motifs is 3. The van der Waals surface area contributed by atoms with Gasteiger partial charge in [0.15, 0.2) is 0 Å². The Morgan fingerprint density at radius 1 is 1.29 bits per heavy atom. The molecule has 2 amide bonds. The maximum Gasteiger partial charge on any atom is 0.237 e. The molecule has 2 N–H and O–H groups in total. The van der Waals surface area contributed by atoms with Crippen molar-refractivity contribution in [3.05, 3.63) is 27.7 Å². The van der Waals surface area contributed by atoms with E-state index in [2.05, 4.69) is 10.6 Å². The maximum atomic E-state index is 13.0. The second-order valence-electron chi connectivity index (χ2n) is 7.51. The second kappa shape index (κ2) is 4.65. The lowest BCUT2D eigenvalue weighted by molar-refractivity contribution is -0.136. The molecule has 24 heavy (non-hydrogen) atoms. The molecule has 0 radical (unpaired) electrons. The standard InChI is InChI=1S/C17H17Cl2N3O2/c18-11-3-10-13(4-12(11)19)21-14(23)16(10)1-2-22(8-16)15(24)17-5-9(17)6-20-7-17/h3-4,9,20H,1-2,5-8H2,(H,21,23)/t9?,16-,17?/m1/s1. The van der Waals surface area contributed by atoms with Crippen LogP contribution < -0.4 is 10.6 Å². The second-order valence-corrected chi connectivity index (χ2v) is 8.33. The summed E-state index contributed by atoms with van der Waals surface area (Å²) in [6, 6.07) is 3.48. The van der Waals surface area contributed by atoms with E-state index in [1.165, 1.54) is 0 Å². The van der Waals surface area contributed by atoms with Gasteiger partial charge in [0.1, 0.15) is 0 Å². The number of rotatable bonds is 1. The number of nitrogens with one attached hydrogen (secondary N) is 2. The highest BCUT2D eigenvalue weighted by Gasteiger charge is 2.65. The van der Waals surface area contributed by atoms with Gasteiger partial charge in [0.25, 0.3) is 0 Å². The lowest BCUT2D eigenvalue weighted by atomic mass is 9.81. The first-order valence-corrected chi connectivity index (χ1v) is 9.03. The van der Waals surface area contributed by atoms with Crippen LogP contribution in [0.4, 0.5) is 5.69 Å². The molecule has 2 saturated heterocycles. The molecular weight excluding hydrogens is 349 g/mol. The fourth-order valence-corrected chi connectivity index (χ4v) is 5.11. The molecule has 1 aliphatic carbocycles. The van der Waals surface area contributed by atoms with E-state index in [1.54, 1.807) is 12.1 Å². The van der Waals surface area contributed by atoms with Gasteiger partial charge in [-0.25, -0.2) is 0 Å². The van der Waals surface area contributed by atoms with Crippen molar-refractivity contribution in [2.75, 3.05) is 31.5 Å². The van der Waals surface area contributed by atoms with Crippen molar-refractivity contribution in [1.29, 1.82) is 0 Å². The third-order valence-corrected chi connectivity index (χ3v) is 7.03. The van der Waals surface area contributed by atoms with Crippen molar-refractivity contribution in [2.45, 2.75) is 18.3 Å². The number of carbonyl (C=O) groups is 2. The van der Waals surface area contributed by atoms with E-state index >= 15 is 0 Å². The maximum absolute atomic E-state index is 13.0. The summed E-state index contributed by atoms with van der Waals surface area (Å²) in [4.78, 5) is 27.6.